The molecule has 86 valence electrons. The van der Waals surface area contributed by atoms with Gasteiger partial charge in [-0.15, -0.1) is 11.6 Å². The monoisotopic (exact) mass is 241 g/mol. The van der Waals surface area contributed by atoms with Crippen molar-refractivity contribution < 1.29 is 8.42 Å². The first kappa shape index (κ1) is 14.2. The van der Waals surface area contributed by atoms with Crippen LogP contribution < -0.4 is 0 Å². The summed E-state index contributed by atoms with van der Waals surface area (Å²) in [6.07, 6.45) is 1.58. The van der Waals surface area contributed by atoms with Crippen LogP contribution in [0.1, 0.15) is 33.6 Å². The van der Waals surface area contributed by atoms with Gasteiger partial charge in [0.15, 0.2) is 0 Å². The second-order valence-electron chi connectivity index (χ2n) is 4.08. The first-order valence-corrected chi connectivity index (χ1v) is 6.95. The Morgan fingerprint density at radius 3 is 2.21 bits per heavy atom. The minimum absolute atomic E-state index is 0.209. The van der Waals surface area contributed by atoms with Crippen molar-refractivity contribution in [1.82, 2.24) is 4.31 Å². The fourth-order valence-electron chi connectivity index (χ4n) is 0.924. The summed E-state index contributed by atoms with van der Waals surface area (Å²) < 4.78 is 24.9. The molecule has 0 fully saturated rings. The summed E-state index contributed by atoms with van der Waals surface area (Å²) in [6, 6.07) is 0. The molecule has 5 heteroatoms. The predicted octanol–water partition coefficient (Wildman–Crippen LogP) is 2.07. The van der Waals surface area contributed by atoms with E-state index in [-0.39, 0.29) is 5.75 Å². The maximum Gasteiger partial charge on any atom is 0.214 e. The maximum atomic E-state index is 11.8. The summed E-state index contributed by atoms with van der Waals surface area (Å²) in [5, 5.41) is 0. The number of unbranched alkanes of at least 4 members (excludes halogenated alkanes) is 1. The van der Waals surface area contributed by atoms with Gasteiger partial charge in [-0.05, 0) is 20.3 Å². The van der Waals surface area contributed by atoms with Gasteiger partial charge in [-0.1, -0.05) is 13.3 Å². The third-order valence-electron chi connectivity index (χ3n) is 2.35. The first-order valence-electron chi connectivity index (χ1n) is 4.80. The Morgan fingerprint density at radius 1 is 1.36 bits per heavy atom. The van der Waals surface area contributed by atoms with Crippen LogP contribution >= 0.6 is 11.6 Å². The standard InChI is InChI=1S/C9H20ClNO2S/c1-5-6-7-14(12,13)11(4)9(2,3)8-10/h5-8H2,1-4H3. The molecule has 0 heterocycles. The van der Waals surface area contributed by atoms with Gasteiger partial charge in [0.1, 0.15) is 0 Å². The zero-order valence-corrected chi connectivity index (χ0v) is 11.0. The topological polar surface area (TPSA) is 37.4 Å². The summed E-state index contributed by atoms with van der Waals surface area (Å²) in [6.45, 7) is 5.62. The Balaban J connectivity index is 4.59. The molecule has 3 nitrogen and oxygen atoms in total. The van der Waals surface area contributed by atoms with Crippen LogP contribution in [0.15, 0.2) is 0 Å². The van der Waals surface area contributed by atoms with Crippen LogP contribution in [0.3, 0.4) is 0 Å². The van der Waals surface area contributed by atoms with Crippen LogP contribution in [-0.2, 0) is 10.0 Å². The van der Waals surface area contributed by atoms with Gasteiger partial charge in [-0.2, -0.15) is 4.31 Å². The van der Waals surface area contributed by atoms with Gasteiger partial charge < -0.3 is 0 Å². The molecule has 0 N–H and O–H groups in total. The van der Waals surface area contributed by atoms with Gasteiger partial charge in [0.25, 0.3) is 0 Å². The van der Waals surface area contributed by atoms with Crippen molar-refractivity contribution in [3.8, 4) is 0 Å². The van der Waals surface area contributed by atoms with Crippen molar-refractivity contribution in [2.45, 2.75) is 39.2 Å². The van der Waals surface area contributed by atoms with Crippen LogP contribution in [-0.4, -0.2) is 36.9 Å². The molecule has 0 radical (unpaired) electrons. The molecule has 0 atom stereocenters. The van der Waals surface area contributed by atoms with Gasteiger partial charge in [-0.3, -0.25) is 0 Å². The van der Waals surface area contributed by atoms with Crippen LogP contribution in [0.5, 0.6) is 0 Å². The normalized spacial score (nSPS) is 13.6. The number of nitrogens with zero attached hydrogens (tertiary/aromatic N) is 1. The van der Waals surface area contributed by atoms with E-state index in [2.05, 4.69) is 0 Å². The van der Waals surface area contributed by atoms with Crippen molar-refractivity contribution in [2.24, 2.45) is 0 Å². The van der Waals surface area contributed by atoms with E-state index >= 15 is 0 Å². The predicted molar refractivity (Wildman–Crippen MR) is 61.3 cm³/mol. The van der Waals surface area contributed by atoms with Gasteiger partial charge in [-0.25, -0.2) is 8.42 Å². The second kappa shape index (κ2) is 5.33. The van der Waals surface area contributed by atoms with Gasteiger partial charge >= 0.3 is 0 Å². The Hall–Kier alpha value is 0.200. The molecule has 14 heavy (non-hydrogen) atoms. The lowest BCUT2D eigenvalue weighted by Crippen LogP contribution is -2.47. The van der Waals surface area contributed by atoms with Crippen LogP contribution in [0.25, 0.3) is 0 Å². The zero-order valence-electron chi connectivity index (χ0n) is 9.38. The van der Waals surface area contributed by atoms with E-state index in [1.165, 1.54) is 4.31 Å². The van der Waals surface area contributed by atoms with Crippen molar-refractivity contribution in [2.75, 3.05) is 18.7 Å². The molecule has 0 aromatic heterocycles. The van der Waals surface area contributed by atoms with Gasteiger partial charge in [0.2, 0.25) is 10.0 Å². The lowest BCUT2D eigenvalue weighted by Gasteiger charge is -2.32. The number of hydrogen-bond acceptors (Lipinski definition) is 2. The summed E-state index contributed by atoms with van der Waals surface area (Å²) in [7, 11) is -1.55. The number of halogens is 1. The molecule has 0 aromatic carbocycles. The van der Waals surface area contributed by atoms with E-state index in [4.69, 9.17) is 11.6 Å². The van der Waals surface area contributed by atoms with Crippen LogP contribution in [0.2, 0.25) is 0 Å². The van der Waals surface area contributed by atoms with E-state index in [0.717, 1.165) is 6.42 Å². The van der Waals surface area contributed by atoms with Crippen molar-refractivity contribution in [1.29, 1.82) is 0 Å². The fourth-order valence-corrected chi connectivity index (χ4v) is 2.92. The lowest BCUT2D eigenvalue weighted by atomic mass is 10.1. The van der Waals surface area contributed by atoms with Gasteiger partial charge in [0.05, 0.1) is 5.75 Å². The van der Waals surface area contributed by atoms with Crippen molar-refractivity contribution >= 4 is 21.6 Å². The lowest BCUT2D eigenvalue weighted by molar-refractivity contribution is 0.295. The molecule has 0 aliphatic carbocycles. The Bertz CT molecular complexity index is 262. The highest BCUT2D eigenvalue weighted by atomic mass is 35.5. The molecule has 0 amide bonds. The van der Waals surface area contributed by atoms with E-state index in [1.807, 2.05) is 20.8 Å². The molecular formula is C9H20ClNO2S. The molecule has 0 aliphatic heterocycles. The number of hydrogen-bond donors (Lipinski definition) is 0. The fraction of sp³-hybridized carbons (Fsp3) is 1.00. The highest BCUT2D eigenvalue weighted by Crippen LogP contribution is 2.18. The van der Waals surface area contributed by atoms with Crippen LogP contribution in [0.4, 0.5) is 0 Å². The highest BCUT2D eigenvalue weighted by Gasteiger charge is 2.31. The van der Waals surface area contributed by atoms with Crippen molar-refractivity contribution in [3.05, 3.63) is 0 Å². The second-order valence-corrected chi connectivity index (χ2v) is 6.47. The average molecular weight is 242 g/mol. The van der Waals surface area contributed by atoms with E-state index in [9.17, 15) is 8.42 Å². The number of alkyl halides is 1. The van der Waals surface area contributed by atoms with E-state index < -0.39 is 15.6 Å². The molecule has 0 saturated carbocycles. The molecule has 0 unspecified atom stereocenters. The number of rotatable bonds is 6. The first-order chi connectivity index (χ1) is 6.28. The Morgan fingerprint density at radius 2 is 1.86 bits per heavy atom. The summed E-state index contributed by atoms with van der Waals surface area (Å²) in [4.78, 5) is 0. The van der Waals surface area contributed by atoms with Crippen molar-refractivity contribution in [3.63, 3.8) is 0 Å². The molecule has 0 saturated heterocycles. The maximum absolute atomic E-state index is 11.8. The van der Waals surface area contributed by atoms with Gasteiger partial charge in [0, 0.05) is 18.5 Å². The smallest absolute Gasteiger partial charge is 0.212 e. The molecule has 0 aliphatic rings. The molecular weight excluding hydrogens is 222 g/mol. The summed E-state index contributed by atoms with van der Waals surface area (Å²) >= 11 is 5.72. The molecule has 0 rings (SSSR count). The Kier molecular flexibility index (Phi) is 5.41. The third kappa shape index (κ3) is 3.75. The minimum atomic E-state index is -3.14. The molecule has 0 aromatic rings. The highest BCUT2D eigenvalue weighted by molar-refractivity contribution is 7.89. The summed E-state index contributed by atoms with van der Waals surface area (Å²) in [5.74, 6) is 0.509. The number of sulfonamides is 1. The largest absolute Gasteiger partial charge is 0.214 e. The third-order valence-corrected chi connectivity index (χ3v) is 5.14. The zero-order chi connectivity index (χ0) is 11.4. The van der Waals surface area contributed by atoms with E-state index in [0.29, 0.717) is 12.3 Å². The summed E-state index contributed by atoms with van der Waals surface area (Å²) in [5.41, 5.74) is -0.506. The SMILES string of the molecule is CCCCS(=O)(=O)N(C)C(C)(C)CCl. The average Bonchev–Trinajstić information content (AvgIpc) is 2.13. The van der Waals surface area contributed by atoms with E-state index in [1.54, 1.807) is 7.05 Å². The molecule has 0 spiro atoms. The quantitative estimate of drug-likeness (QED) is 0.668. The molecule has 0 bridgehead atoms. The Labute approximate surface area is 92.5 Å². The van der Waals surface area contributed by atoms with Crippen LogP contribution in [0, 0.1) is 0 Å². The minimum Gasteiger partial charge on any atom is -0.212 e.